The molecule has 0 fully saturated rings. The van der Waals surface area contributed by atoms with Gasteiger partial charge in [-0.2, -0.15) is 0 Å². The van der Waals surface area contributed by atoms with Crippen molar-refractivity contribution in [1.82, 2.24) is 4.90 Å². The Balaban J connectivity index is 2.47. The monoisotopic (exact) mass is 317 g/mol. The fourth-order valence-corrected chi connectivity index (χ4v) is 3.41. The summed E-state index contributed by atoms with van der Waals surface area (Å²) in [6.45, 7) is 10.6. The molecule has 0 unspecified atom stereocenters. The summed E-state index contributed by atoms with van der Waals surface area (Å²) in [6.07, 6.45) is 0. The predicted octanol–water partition coefficient (Wildman–Crippen LogP) is 3.87. The lowest BCUT2D eigenvalue weighted by atomic mass is 10.0. The van der Waals surface area contributed by atoms with E-state index in [1.165, 1.54) is 16.7 Å². The zero-order chi connectivity index (χ0) is 16.4. The van der Waals surface area contributed by atoms with Gasteiger partial charge in [0.15, 0.2) is 0 Å². The van der Waals surface area contributed by atoms with Crippen LogP contribution < -0.4 is 0 Å². The summed E-state index contributed by atoms with van der Waals surface area (Å²) < 4.78 is 0. The molecule has 1 aliphatic rings. The average Bonchev–Trinajstić information content (AvgIpc) is 2.64. The molecule has 0 bridgehead atoms. The van der Waals surface area contributed by atoms with Crippen molar-refractivity contribution in [3.63, 3.8) is 0 Å². The van der Waals surface area contributed by atoms with Crippen molar-refractivity contribution in [3.8, 4) is 0 Å². The molecule has 0 N–H and O–H groups in total. The van der Waals surface area contributed by atoms with Gasteiger partial charge in [0.25, 0.3) is 11.8 Å². The highest BCUT2D eigenvalue weighted by atomic mass is 32.2. The number of benzene rings is 1. The van der Waals surface area contributed by atoms with Gasteiger partial charge < -0.3 is 0 Å². The van der Waals surface area contributed by atoms with Gasteiger partial charge in [0.2, 0.25) is 0 Å². The Kier molecular flexibility index (Phi) is 5.12. The number of thioether (sulfide) groups is 1. The third-order valence-corrected chi connectivity index (χ3v) is 4.45. The minimum Gasteiger partial charge on any atom is -0.274 e. The zero-order valence-electron chi connectivity index (χ0n) is 13.8. The molecular formula is C18H23NO2S. The summed E-state index contributed by atoms with van der Waals surface area (Å²) in [5.41, 5.74) is 2.53. The third-order valence-electron chi connectivity index (χ3n) is 3.37. The molecule has 4 heteroatoms. The first-order chi connectivity index (χ1) is 10.3. The van der Waals surface area contributed by atoms with Crippen molar-refractivity contribution in [2.75, 3.05) is 6.54 Å². The Hall–Kier alpha value is -1.55. The molecular weight excluding hydrogens is 294 g/mol. The molecule has 0 aliphatic carbocycles. The quantitative estimate of drug-likeness (QED) is 0.774. The summed E-state index contributed by atoms with van der Waals surface area (Å²) in [5.74, 6) is -0.0470. The molecule has 0 radical (unpaired) electrons. The van der Waals surface area contributed by atoms with Gasteiger partial charge in [-0.1, -0.05) is 57.5 Å². The highest BCUT2D eigenvalue weighted by Gasteiger charge is 2.39. The highest BCUT2D eigenvalue weighted by molar-refractivity contribution is 8.04. The zero-order valence-corrected chi connectivity index (χ0v) is 14.7. The molecule has 1 heterocycles. The normalized spacial score (nSPS) is 15.7. The van der Waals surface area contributed by atoms with Crippen LogP contribution >= 0.6 is 11.8 Å². The molecule has 0 saturated carbocycles. The molecule has 2 amide bonds. The van der Waals surface area contributed by atoms with Gasteiger partial charge in [0.05, 0.1) is 10.5 Å². The fourth-order valence-electron chi connectivity index (χ4n) is 2.40. The molecule has 2 rings (SSSR count). The van der Waals surface area contributed by atoms with E-state index in [0.717, 1.165) is 11.1 Å². The number of aryl methyl sites for hydroxylation is 1. The van der Waals surface area contributed by atoms with Crippen molar-refractivity contribution >= 4 is 29.1 Å². The maximum absolute atomic E-state index is 12.8. The van der Waals surface area contributed by atoms with Crippen LogP contribution in [0.5, 0.6) is 0 Å². The lowest BCUT2D eigenvalue weighted by Crippen LogP contribution is -2.34. The first-order valence-electron chi connectivity index (χ1n) is 7.65. The largest absolute Gasteiger partial charge is 0.274 e. The third kappa shape index (κ3) is 3.43. The van der Waals surface area contributed by atoms with E-state index in [2.05, 4.69) is 0 Å². The van der Waals surface area contributed by atoms with Crippen LogP contribution in [0.1, 0.15) is 38.8 Å². The van der Waals surface area contributed by atoms with Gasteiger partial charge in [-0.15, -0.1) is 11.8 Å². The van der Waals surface area contributed by atoms with Gasteiger partial charge in [0.1, 0.15) is 0 Å². The van der Waals surface area contributed by atoms with E-state index in [1.54, 1.807) is 0 Å². The summed E-state index contributed by atoms with van der Waals surface area (Å²) in [4.78, 5) is 27.4. The molecule has 0 spiro atoms. The number of nitrogens with zero attached hydrogens (tertiary/aromatic N) is 1. The van der Waals surface area contributed by atoms with Gasteiger partial charge in [0, 0.05) is 11.8 Å². The first-order valence-corrected chi connectivity index (χ1v) is 8.53. The first kappa shape index (κ1) is 16.8. The van der Waals surface area contributed by atoms with Crippen LogP contribution in [0.3, 0.4) is 0 Å². The molecule has 0 atom stereocenters. The molecule has 1 aromatic rings. The number of imide groups is 1. The number of amides is 2. The van der Waals surface area contributed by atoms with E-state index in [0.29, 0.717) is 17.0 Å². The highest BCUT2D eigenvalue weighted by Crippen LogP contribution is 2.38. The van der Waals surface area contributed by atoms with Crippen molar-refractivity contribution in [3.05, 3.63) is 40.3 Å². The van der Waals surface area contributed by atoms with Crippen molar-refractivity contribution in [1.29, 1.82) is 0 Å². The second-order valence-corrected chi connectivity index (χ2v) is 7.94. The number of hydrogen-bond donors (Lipinski definition) is 0. The Bertz CT molecular complexity index is 614. The van der Waals surface area contributed by atoms with E-state index in [1.807, 2.05) is 58.9 Å². The summed E-state index contributed by atoms with van der Waals surface area (Å²) in [5, 5.41) is 0.256. The van der Waals surface area contributed by atoms with Crippen LogP contribution in [0.4, 0.5) is 0 Å². The lowest BCUT2D eigenvalue weighted by molar-refractivity contribution is -0.137. The van der Waals surface area contributed by atoms with Gasteiger partial charge in [-0.3, -0.25) is 14.5 Å². The van der Waals surface area contributed by atoms with E-state index in [9.17, 15) is 9.59 Å². The second kappa shape index (κ2) is 6.69. The Morgan fingerprint density at radius 3 is 2.09 bits per heavy atom. The second-order valence-electron chi connectivity index (χ2n) is 6.35. The topological polar surface area (TPSA) is 37.4 Å². The van der Waals surface area contributed by atoms with Crippen LogP contribution in [0, 0.1) is 12.8 Å². The number of carbonyl (C=O) groups excluding carboxylic acids is 2. The lowest BCUT2D eigenvalue weighted by Gasteiger charge is -2.17. The summed E-state index contributed by atoms with van der Waals surface area (Å²) in [7, 11) is 0. The van der Waals surface area contributed by atoms with E-state index in [-0.39, 0.29) is 23.0 Å². The summed E-state index contributed by atoms with van der Waals surface area (Å²) >= 11 is 1.48. The number of hydrogen-bond acceptors (Lipinski definition) is 3. The predicted molar refractivity (Wildman–Crippen MR) is 92.4 cm³/mol. The minimum absolute atomic E-state index is 0.145. The molecule has 0 aromatic heterocycles. The molecule has 1 aromatic carbocycles. The SMILES string of the molecule is Cc1ccc(C2=C(SC(C)C)C(=O)N(CC(C)C)C2=O)cc1. The minimum atomic E-state index is -0.161. The van der Waals surface area contributed by atoms with Crippen molar-refractivity contribution < 1.29 is 9.59 Å². The van der Waals surface area contributed by atoms with Crippen molar-refractivity contribution in [2.45, 2.75) is 39.9 Å². The standard InChI is InChI=1S/C18H23NO2S/c1-11(2)10-19-17(20)15(14-8-6-13(5)7-9-14)16(18(19)21)22-12(3)4/h6-9,11-12H,10H2,1-5H3. The Morgan fingerprint density at radius 1 is 1.00 bits per heavy atom. The molecule has 0 saturated heterocycles. The van der Waals surface area contributed by atoms with Crippen LogP contribution in [0.15, 0.2) is 29.2 Å². The van der Waals surface area contributed by atoms with Crippen LogP contribution in [0.2, 0.25) is 0 Å². The molecule has 118 valence electrons. The van der Waals surface area contributed by atoms with Crippen LogP contribution in [-0.4, -0.2) is 28.5 Å². The maximum atomic E-state index is 12.8. The molecule has 3 nitrogen and oxygen atoms in total. The number of carbonyl (C=O) groups is 2. The van der Waals surface area contributed by atoms with Crippen LogP contribution in [-0.2, 0) is 9.59 Å². The average molecular weight is 317 g/mol. The molecule has 1 aliphatic heterocycles. The fraction of sp³-hybridized carbons (Fsp3) is 0.444. The number of rotatable bonds is 5. The maximum Gasteiger partial charge on any atom is 0.268 e. The summed E-state index contributed by atoms with van der Waals surface area (Å²) in [6, 6.07) is 7.80. The van der Waals surface area contributed by atoms with E-state index < -0.39 is 0 Å². The Labute approximate surface area is 136 Å². The smallest absolute Gasteiger partial charge is 0.268 e. The van der Waals surface area contributed by atoms with Gasteiger partial charge >= 0.3 is 0 Å². The molecule has 22 heavy (non-hydrogen) atoms. The van der Waals surface area contributed by atoms with Crippen molar-refractivity contribution in [2.24, 2.45) is 5.92 Å². The Morgan fingerprint density at radius 2 is 1.59 bits per heavy atom. The van der Waals surface area contributed by atoms with Gasteiger partial charge in [-0.05, 0) is 18.4 Å². The van der Waals surface area contributed by atoms with E-state index >= 15 is 0 Å². The van der Waals surface area contributed by atoms with Crippen LogP contribution in [0.25, 0.3) is 5.57 Å². The van der Waals surface area contributed by atoms with Gasteiger partial charge in [-0.25, -0.2) is 0 Å². The van der Waals surface area contributed by atoms with E-state index in [4.69, 9.17) is 0 Å².